The summed E-state index contributed by atoms with van der Waals surface area (Å²) < 4.78 is 0. The van der Waals surface area contributed by atoms with Crippen LogP contribution in [0.4, 0.5) is 0 Å². The van der Waals surface area contributed by atoms with E-state index in [0.717, 1.165) is 11.1 Å². The lowest BCUT2D eigenvalue weighted by atomic mass is 10.1. The van der Waals surface area contributed by atoms with Gasteiger partial charge in [-0.1, -0.05) is 11.2 Å². The Balaban J connectivity index is 2.01. The summed E-state index contributed by atoms with van der Waals surface area (Å²) in [6.07, 6.45) is 5.23. The maximum absolute atomic E-state index is 8.65. The Labute approximate surface area is 117 Å². The van der Waals surface area contributed by atoms with Gasteiger partial charge >= 0.3 is 0 Å². The second-order valence-electron chi connectivity index (χ2n) is 4.42. The van der Waals surface area contributed by atoms with Gasteiger partial charge in [0.25, 0.3) is 0 Å². The van der Waals surface area contributed by atoms with Crippen molar-refractivity contribution in [2.24, 2.45) is 10.9 Å². The van der Waals surface area contributed by atoms with Gasteiger partial charge in [-0.25, -0.2) is 0 Å². The zero-order valence-electron chi connectivity index (χ0n) is 11.2. The molecule has 4 N–H and O–H groups in total. The first-order valence-electron chi connectivity index (χ1n) is 6.27. The molecule has 2 aromatic heterocycles. The highest BCUT2D eigenvalue weighted by Gasteiger charge is 2.06. The fourth-order valence-electron chi connectivity index (χ4n) is 1.80. The molecular weight excluding hydrogens is 254 g/mol. The van der Waals surface area contributed by atoms with Crippen LogP contribution in [0, 0.1) is 0 Å². The van der Waals surface area contributed by atoms with E-state index in [9.17, 15) is 0 Å². The fourth-order valence-corrected chi connectivity index (χ4v) is 1.80. The van der Waals surface area contributed by atoms with Gasteiger partial charge in [0.05, 0.1) is 0 Å². The molecule has 0 aliphatic heterocycles. The number of pyridine rings is 2. The number of nitrogens with zero attached hydrogens (tertiary/aromatic N) is 3. The van der Waals surface area contributed by atoms with E-state index in [2.05, 4.69) is 27.4 Å². The maximum Gasteiger partial charge on any atom is 0.188 e. The SMILES string of the molecule is C[C@@H](NCc1ccnc(/C(N)=N/O)c1)c1cccnc1. The zero-order chi connectivity index (χ0) is 14.4. The largest absolute Gasteiger partial charge is 0.409 e. The van der Waals surface area contributed by atoms with Crippen LogP contribution in [0.5, 0.6) is 0 Å². The second-order valence-corrected chi connectivity index (χ2v) is 4.42. The Morgan fingerprint density at radius 2 is 2.30 bits per heavy atom. The van der Waals surface area contributed by atoms with Crippen LogP contribution >= 0.6 is 0 Å². The number of nitrogens with two attached hydrogens (primary N) is 1. The number of rotatable bonds is 5. The minimum atomic E-state index is 0.00663. The van der Waals surface area contributed by atoms with Gasteiger partial charge in [-0.05, 0) is 36.2 Å². The Kier molecular flexibility index (Phi) is 4.62. The summed E-state index contributed by atoms with van der Waals surface area (Å²) in [6.45, 7) is 2.73. The molecule has 0 saturated carbocycles. The Hall–Kier alpha value is -2.47. The van der Waals surface area contributed by atoms with E-state index in [1.54, 1.807) is 18.5 Å². The van der Waals surface area contributed by atoms with Crippen molar-refractivity contribution in [2.75, 3.05) is 0 Å². The van der Waals surface area contributed by atoms with Crippen molar-refractivity contribution in [2.45, 2.75) is 19.5 Å². The van der Waals surface area contributed by atoms with E-state index in [4.69, 9.17) is 10.9 Å². The van der Waals surface area contributed by atoms with E-state index in [1.165, 1.54) is 0 Å². The number of amidine groups is 1. The average molecular weight is 271 g/mol. The molecule has 2 rings (SSSR count). The van der Waals surface area contributed by atoms with Crippen molar-refractivity contribution in [1.29, 1.82) is 0 Å². The average Bonchev–Trinajstić information content (AvgIpc) is 2.53. The quantitative estimate of drug-likeness (QED) is 0.331. The van der Waals surface area contributed by atoms with E-state index in [-0.39, 0.29) is 11.9 Å². The molecule has 0 aliphatic carbocycles. The molecule has 104 valence electrons. The van der Waals surface area contributed by atoms with Gasteiger partial charge < -0.3 is 16.3 Å². The zero-order valence-corrected chi connectivity index (χ0v) is 11.2. The number of nitrogens with one attached hydrogen (secondary N) is 1. The van der Waals surface area contributed by atoms with Crippen LogP contribution in [0.1, 0.15) is 29.8 Å². The summed E-state index contributed by atoms with van der Waals surface area (Å²) in [5, 5.41) is 15.0. The van der Waals surface area contributed by atoms with Gasteiger partial charge in [0.1, 0.15) is 5.69 Å². The van der Waals surface area contributed by atoms with Crippen molar-refractivity contribution in [3.05, 3.63) is 59.7 Å². The number of hydrogen-bond acceptors (Lipinski definition) is 5. The first-order valence-corrected chi connectivity index (χ1v) is 6.27. The monoisotopic (exact) mass is 271 g/mol. The van der Waals surface area contributed by atoms with Crippen molar-refractivity contribution < 1.29 is 5.21 Å². The molecule has 0 radical (unpaired) electrons. The van der Waals surface area contributed by atoms with Crippen LogP contribution in [-0.2, 0) is 6.54 Å². The lowest BCUT2D eigenvalue weighted by Crippen LogP contribution is -2.19. The van der Waals surface area contributed by atoms with Crippen LogP contribution < -0.4 is 11.1 Å². The van der Waals surface area contributed by atoms with Crippen LogP contribution in [0.2, 0.25) is 0 Å². The summed E-state index contributed by atoms with van der Waals surface area (Å²) in [5.41, 5.74) is 8.11. The highest BCUT2D eigenvalue weighted by atomic mass is 16.4. The predicted molar refractivity (Wildman–Crippen MR) is 76.2 cm³/mol. The third-order valence-corrected chi connectivity index (χ3v) is 2.99. The first kappa shape index (κ1) is 14.0. The summed E-state index contributed by atoms with van der Waals surface area (Å²) in [6, 6.07) is 7.80. The molecule has 0 aliphatic rings. The molecule has 0 unspecified atom stereocenters. The van der Waals surface area contributed by atoms with Gasteiger partial charge in [-0.3, -0.25) is 9.97 Å². The predicted octanol–water partition coefficient (Wildman–Crippen LogP) is 1.42. The second kappa shape index (κ2) is 6.63. The molecule has 0 bridgehead atoms. The normalized spacial score (nSPS) is 13.2. The van der Waals surface area contributed by atoms with Gasteiger partial charge in [-0.15, -0.1) is 0 Å². The van der Waals surface area contributed by atoms with E-state index in [1.807, 2.05) is 24.4 Å². The van der Waals surface area contributed by atoms with E-state index >= 15 is 0 Å². The molecule has 0 amide bonds. The molecular formula is C14H17N5O. The van der Waals surface area contributed by atoms with Crippen molar-refractivity contribution in [1.82, 2.24) is 15.3 Å². The Morgan fingerprint density at radius 3 is 3.00 bits per heavy atom. The highest BCUT2D eigenvalue weighted by molar-refractivity contribution is 5.95. The molecule has 0 spiro atoms. The van der Waals surface area contributed by atoms with Gasteiger partial charge in [0, 0.05) is 31.2 Å². The van der Waals surface area contributed by atoms with Crippen LogP contribution in [-0.4, -0.2) is 21.0 Å². The van der Waals surface area contributed by atoms with Gasteiger partial charge in [-0.2, -0.15) is 0 Å². The van der Waals surface area contributed by atoms with E-state index in [0.29, 0.717) is 12.2 Å². The molecule has 20 heavy (non-hydrogen) atoms. The maximum atomic E-state index is 8.65. The van der Waals surface area contributed by atoms with Crippen molar-refractivity contribution >= 4 is 5.84 Å². The summed E-state index contributed by atoms with van der Waals surface area (Å²) in [4.78, 5) is 8.14. The molecule has 2 heterocycles. The minimum absolute atomic E-state index is 0.00663. The van der Waals surface area contributed by atoms with Crippen LogP contribution in [0.15, 0.2) is 48.0 Å². The van der Waals surface area contributed by atoms with Crippen molar-refractivity contribution in [3.8, 4) is 0 Å². The summed E-state index contributed by atoms with van der Waals surface area (Å²) in [7, 11) is 0. The minimum Gasteiger partial charge on any atom is -0.409 e. The molecule has 0 aromatic carbocycles. The Morgan fingerprint density at radius 1 is 1.45 bits per heavy atom. The van der Waals surface area contributed by atoms with Crippen LogP contribution in [0.25, 0.3) is 0 Å². The van der Waals surface area contributed by atoms with Crippen molar-refractivity contribution in [3.63, 3.8) is 0 Å². The number of oxime groups is 1. The first-order chi connectivity index (χ1) is 9.70. The fraction of sp³-hybridized carbons (Fsp3) is 0.214. The topological polar surface area (TPSA) is 96.4 Å². The number of aromatic nitrogens is 2. The van der Waals surface area contributed by atoms with Gasteiger partial charge in [0.2, 0.25) is 0 Å². The third kappa shape index (κ3) is 3.52. The highest BCUT2D eigenvalue weighted by Crippen LogP contribution is 2.11. The lowest BCUT2D eigenvalue weighted by molar-refractivity contribution is 0.318. The molecule has 1 atom stereocenters. The third-order valence-electron chi connectivity index (χ3n) is 2.99. The van der Waals surface area contributed by atoms with Gasteiger partial charge in [0.15, 0.2) is 5.84 Å². The standard InChI is InChI=1S/C14H17N5O/c1-10(12-3-2-5-16-9-12)18-8-11-4-6-17-13(7-11)14(15)19-20/h2-7,9-10,18,20H,8H2,1H3,(H2,15,19)/t10-/m1/s1. The molecule has 6 nitrogen and oxygen atoms in total. The smallest absolute Gasteiger partial charge is 0.188 e. The Bertz CT molecular complexity index is 585. The molecule has 6 heteroatoms. The lowest BCUT2D eigenvalue weighted by Gasteiger charge is -2.14. The number of hydrogen-bond donors (Lipinski definition) is 3. The van der Waals surface area contributed by atoms with E-state index < -0.39 is 0 Å². The van der Waals surface area contributed by atoms with Crippen LogP contribution in [0.3, 0.4) is 0 Å². The molecule has 2 aromatic rings. The molecule has 0 fully saturated rings. The molecule has 0 saturated heterocycles. The summed E-state index contributed by atoms with van der Waals surface area (Å²) >= 11 is 0. The summed E-state index contributed by atoms with van der Waals surface area (Å²) in [5.74, 6) is 0.00663.